The lowest BCUT2D eigenvalue weighted by atomic mass is 10.1. The van der Waals surface area contributed by atoms with Crippen molar-refractivity contribution in [1.29, 1.82) is 5.26 Å². The average molecular weight is 407 g/mol. The van der Waals surface area contributed by atoms with Crippen molar-refractivity contribution >= 4 is 23.4 Å². The molecular formula is C22H21N3O3S. The molecule has 1 aromatic heterocycles. The van der Waals surface area contributed by atoms with E-state index >= 15 is 0 Å². The van der Waals surface area contributed by atoms with Crippen LogP contribution in [-0.4, -0.2) is 22.9 Å². The molecule has 0 bridgehead atoms. The summed E-state index contributed by atoms with van der Waals surface area (Å²) in [4.78, 5) is 13.5. The molecule has 0 saturated heterocycles. The van der Waals surface area contributed by atoms with Crippen molar-refractivity contribution in [2.75, 3.05) is 11.1 Å². The van der Waals surface area contributed by atoms with Crippen molar-refractivity contribution in [3.05, 3.63) is 60.3 Å². The van der Waals surface area contributed by atoms with Gasteiger partial charge < -0.3 is 14.6 Å². The maximum absolute atomic E-state index is 12.6. The van der Waals surface area contributed by atoms with E-state index in [1.165, 1.54) is 11.8 Å². The molecule has 6 nitrogen and oxygen atoms in total. The lowest BCUT2D eigenvalue weighted by molar-refractivity contribution is 0.101. The molecule has 7 heteroatoms. The van der Waals surface area contributed by atoms with Gasteiger partial charge in [-0.15, -0.1) is 11.8 Å². The van der Waals surface area contributed by atoms with Gasteiger partial charge >= 0.3 is 0 Å². The summed E-state index contributed by atoms with van der Waals surface area (Å²) in [7, 11) is 0. The number of nitrogens with zero attached hydrogens (tertiary/aromatic N) is 2. The van der Waals surface area contributed by atoms with Crippen molar-refractivity contribution in [3.8, 4) is 23.1 Å². The molecule has 0 fully saturated rings. The fourth-order valence-electron chi connectivity index (χ4n) is 2.58. The molecule has 3 aromatic rings. The third-order valence-electron chi connectivity index (χ3n) is 3.86. The minimum absolute atomic E-state index is 0.0994. The highest BCUT2D eigenvalue weighted by molar-refractivity contribution is 7.99. The van der Waals surface area contributed by atoms with Gasteiger partial charge in [-0.25, -0.2) is 0 Å². The van der Waals surface area contributed by atoms with Crippen LogP contribution in [0.15, 0.2) is 64.0 Å². The molecule has 29 heavy (non-hydrogen) atoms. The first-order valence-corrected chi connectivity index (χ1v) is 10.2. The number of aromatic nitrogens is 1. The Morgan fingerprint density at radius 1 is 1.24 bits per heavy atom. The van der Waals surface area contributed by atoms with Crippen LogP contribution < -0.4 is 10.1 Å². The number of ether oxygens (including phenoxy) is 1. The molecule has 0 atom stereocenters. The van der Waals surface area contributed by atoms with E-state index in [4.69, 9.17) is 14.5 Å². The SMILES string of the molecule is CC(C)Oc1ccc(-c2cc(C(=O)Nc3ccccc3SCCC#N)no2)cc1. The number of hydrogen-bond donors (Lipinski definition) is 1. The number of amides is 1. The summed E-state index contributed by atoms with van der Waals surface area (Å²) in [6.45, 7) is 3.94. The van der Waals surface area contributed by atoms with Crippen LogP contribution in [0, 0.1) is 11.3 Å². The Bertz CT molecular complexity index is 1010. The number of thioether (sulfide) groups is 1. The number of anilines is 1. The minimum atomic E-state index is -0.354. The van der Waals surface area contributed by atoms with E-state index in [0.29, 0.717) is 23.6 Å². The smallest absolute Gasteiger partial charge is 0.277 e. The number of rotatable bonds is 8. The molecule has 0 radical (unpaired) electrons. The van der Waals surface area contributed by atoms with Crippen LogP contribution in [0.3, 0.4) is 0 Å². The molecule has 148 valence electrons. The van der Waals surface area contributed by atoms with E-state index in [-0.39, 0.29) is 17.7 Å². The van der Waals surface area contributed by atoms with Crippen molar-refractivity contribution in [1.82, 2.24) is 5.16 Å². The Balaban J connectivity index is 1.69. The first-order chi connectivity index (χ1) is 14.1. The first kappa shape index (κ1) is 20.5. The van der Waals surface area contributed by atoms with E-state index in [2.05, 4.69) is 16.5 Å². The van der Waals surface area contributed by atoms with Crippen molar-refractivity contribution in [3.63, 3.8) is 0 Å². The number of carbonyl (C=O) groups excluding carboxylic acids is 1. The quantitative estimate of drug-likeness (QED) is 0.398. The van der Waals surface area contributed by atoms with E-state index in [1.54, 1.807) is 6.07 Å². The second-order valence-electron chi connectivity index (χ2n) is 6.47. The molecule has 0 aliphatic carbocycles. The van der Waals surface area contributed by atoms with Gasteiger partial charge in [0.15, 0.2) is 11.5 Å². The summed E-state index contributed by atoms with van der Waals surface area (Å²) >= 11 is 1.52. The molecule has 0 aliphatic rings. The van der Waals surface area contributed by atoms with Gasteiger partial charge in [-0.1, -0.05) is 17.3 Å². The number of carbonyl (C=O) groups is 1. The van der Waals surface area contributed by atoms with Gasteiger partial charge in [0.2, 0.25) is 0 Å². The molecule has 0 spiro atoms. The second kappa shape index (κ2) is 9.80. The Kier molecular flexibility index (Phi) is 6.93. The average Bonchev–Trinajstić information content (AvgIpc) is 3.20. The first-order valence-electron chi connectivity index (χ1n) is 9.20. The van der Waals surface area contributed by atoms with Gasteiger partial charge in [-0.05, 0) is 50.2 Å². The zero-order valence-electron chi connectivity index (χ0n) is 16.2. The lowest BCUT2D eigenvalue weighted by Gasteiger charge is -2.09. The number of hydrogen-bond acceptors (Lipinski definition) is 6. The summed E-state index contributed by atoms with van der Waals surface area (Å²) in [5.74, 6) is 1.58. The zero-order valence-corrected chi connectivity index (χ0v) is 17.0. The van der Waals surface area contributed by atoms with Crippen molar-refractivity contribution in [2.24, 2.45) is 0 Å². The third-order valence-corrected chi connectivity index (χ3v) is 4.94. The molecule has 2 aromatic carbocycles. The predicted molar refractivity (Wildman–Crippen MR) is 113 cm³/mol. The standard InChI is InChI=1S/C22H21N3O3S/c1-15(2)27-17-10-8-16(9-11-17)20-14-19(25-28-20)22(26)24-18-6-3-4-7-21(18)29-13-5-12-23/h3-4,6-11,14-15H,5,13H2,1-2H3,(H,24,26). The van der Waals surface area contributed by atoms with E-state index in [1.807, 2.05) is 62.4 Å². The summed E-state index contributed by atoms with van der Waals surface area (Å²) < 4.78 is 11.0. The van der Waals surface area contributed by atoms with E-state index < -0.39 is 0 Å². The maximum Gasteiger partial charge on any atom is 0.277 e. The summed E-state index contributed by atoms with van der Waals surface area (Å²) in [6.07, 6.45) is 0.544. The van der Waals surface area contributed by atoms with Gasteiger partial charge in [0.1, 0.15) is 5.75 Å². The highest BCUT2D eigenvalue weighted by atomic mass is 32.2. The van der Waals surface area contributed by atoms with Crippen LogP contribution in [0.5, 0.6) is 5.75 Å². The third kappa shape index (κ3) is 5.62. The van der Waals surface area contributed by atoms with Gasteiger partial charge in [-0.3, -0.25) is 4.79 Å². The highest BCUT2D eigenvalue weighted by Gasteiger charge is 2.15. The Labute approximate surface area is 173 Å². The molecule has 1 amide bonds. The monoisotopic (exact) mass is 407 g/mol. The number of benzene rings is 2. The lowest BCUT2D eigenvalue weighted by Crippen LogP contribution is -2.12. The Hall–Kier alpha value is -3.24. The number of nitriles is 1. The topological polar surface area (TPSA) is 88.1 Å². The summed E-state index contributed by atoms with van der Waals surface area (Å²) in [5.41, 5.74) is 1.68. The van der Waals surface area contributed by atoms with Gasteiger partial charge in [-0.2, -0.15) is 5.26 Å². The van der Waals surface area contributed by atoms with E-state index in [9.17, 15) is 4.79 Å². The zero-order chi connectivity index (χ0) is 20.6. The number of nitrogens with one attached hydrogen (secondary N) is 1. The molecule has 1 heterocycles. The summed E-state index contributed by atoms with van der Waals surface area (Å²) in [6, 6.07) is 18.6. The minimum Gasteiger partial charge on any atom is -0.491 e. The van der Waals surface area contributed by atoms with Gasteiger partial charge in [0, 0.05) is 28.7 Å². The Morgan fingerprint density at radius 3 is 2.72 bits per heavy atom. The molecule has 1 N–H and O–H groups in total. The van der Waals surface area contributed by atoms with Crippen molar-refractivity contribution < 1.29 is 14.1 Å². The normalized spacial score (nSPS) is 10.6. The van der Waals surface area contributed by atoms with Crippen LogP contribution in [0.2, 0.25) is 0 Å². The molecular weight excluding hydrogens is 386 g/mol. The summed E-state index contributed by atoms with van der Waals surface area (Å²) in [5, 5.41) is 15.5. The van der Waals surface area contributed by atoms with Crippen LogP contribution in [0.1, 0.15) is 30.8 Å². The second-order valence-corrected chi connectivity index (χ2v) is 7.61. The van der Waals surface area contributed by atoms with Crippen LogP contribution in [0.4, 0.5) is 5.69 Å². The van der Waals surface area contributed by atoms with Crippen LogP contribution >= 0.6 is 11.8 Å². The molecule has 0 aliphatic heterocycles. The number of para-hydroxylation sites is 1. The van der Waals surface area contributed by atoms with Gasteiger partial charge in [0.25, 0.3) is 5.91 Å². The van der Waals surface area contributed by atoms with Crippen LogP contribution in [0.25, 0.3) is 11.3 Å². The van der Waals surface area contributed by atoms with E-state index in [0.717, 1.165) is 16.2 Å². The fourth-order valence-corrected chi connectivity index (χ4v) is 3.44. The van der Waals surface area contributed by atoms with Gasteiger partial charge in [0.05, 0.1) is 17.9 Å². The molecule has 3 rings (SSSR count). The highest BCUT2D eigenvalue weighted by Crippen LogP contribution is 2.28. The van der Waals surface area contributed by atoms with Crippen molar-refractivity contribution in [2.45, 2.75) is 31.3 Å². The fraction of sp³-hybridized carbons (Fsp3) is 0.227. The maximum atomic E-state index is 12.6. The Morgan fingerprint density at radius 2 is 2.00 bits per heavy atom. The predicted octanol–water partition coefficient (Wildman–Crippen LogP) is 5.39. The van der Waals surface area contributed by atoms with Crippen LogP contribution in [-0.2, 0) is 0 Å². The molecule has 0 unspecified atom stereocenters. The largest absolute Gasteiger partial charge is 0.491 e. The molecule has 0 saturated carbocycles.